The maximum atomic E-state index is 12.0. The highest BCUT2D eigenvalue weighted by Crippen LogP contribution is 2.20. The van der Waals surface area contributed by atoms with E-state index in [1.165, 1.54) is 32.4 Å². The Morgan fingerprint density at radius 1 is 1.11 bits per heavy atom. The molecule has 110 valence electrons. The summed E-state index contributed by atoms with van der Waals surface area (Å²) in [5.41, 5.74) is 0. The smallest absolute Gasteiger partial charge is 0.236 e. The first-order valence-electron chi connectivity index (χ1n) is 7.92. The molecular weight excluding hydrogens is 238 g/mol. The Hall–Kier alpha value is -0.610. The molecule has 0 radical (unpaired) electrons. The average Bonchev–Trinajstić information content (AvgIpc) is 2.46. The van der Waals surface area contributed by atoms with Crippen LogP contribution in [-0.4, -0.2) is 60.5 Å². The highest BCUT2D eigenvalue weighted by molar-refractivity contribution is 5.78. The summed E-state index contributed by atoms with van der Waals surface area (Å²) < 4.78 is 0. The van der Waals surface area contributed by atoms with Gasteiger partial charge in [-0.1, -0.05) is 20.3 Å². The van der Waals surface area contributed by atoms with Gasteiger partial charge in [0.15, 0.2) is 0 Å². The molecule has 4 heteroatoms. The molecule has 2 fully saturated rings. The van der Waals surface area contributed by atoms with Crippen LogP contribution in [0.1, 0.15) is 46.0 Å². The summed E-state index contributed by atoms with van der Waals surface area (Å²) in [7, 11) is 0. The maximum absolute atomic E-state index is 12.0. The van der Waals surface area contributed by atoms with Gasteiger partial charge in [-0.25, -0.2) is 0 Å². The molecule has 0 aromatic heterocycles. The molecule has 2 aliphatic heterocycles. The minimum Gasteiger partial charge on any atom is -0.341 e. The topological polar surface area (TPSA) is 35.6 Å². The Morgan fingerprint density at radius 3 is 2.32 bits per heavy atom. The molecule has 1 N–H and O–H groups in total. The number of rotatable bonds is 4. The minimum atomic E-state index is 0.269. The fourth-order valence-corrected chi connectivity index (χ4v) is 3.17. The first-order chi connectivity index (χ1) is 9.16. The molecule has 2 rings (SSSR count). The summed E-state index contributed by atoms with van der Waals surface area (Å²) in [5, 5.41) is 3.22. The molecule has 0 bridgehead atoms. The molecular formula is C15H29N3O. The Balaban J connectivity index is 1.70. The van der Waals surface area contributed by atoms with E-state index in [9.17, 15) is 4.79 Å². The number of hydrogen-bond acceptors (Lipinski definition) is 3. The van der Waals surface area contributed by atoms with Crippen molar-refractivity contribution in [2.45, 2.75) is 58.0 Å². The van der Waals surface area contributed by atoms with Gasteiger partial charge in [0.1, 0.15) is 0 Å². The lowest BCUT2D eigenvalue weighted by Crippen LogP contribution is -2.50. The molecule has 0 spiro atoms. The van der Waals surface area contributed by atoms with E-state index in [2.05, 4.69) is 24.1 Å². The summed E-state index contributed by atoms with van der Waals surface area (Å²) >= 11 is 0. The van der Waals surface area contributed by atoms with Crippen LogP contribution in [0.15, 0.2) is 0 Å². The summed E-state index contributed by atoms with van der Waals surface area (Å²) in [6, 6.07) is 1.11. The number of nitrogens with zero attached hydrogens (tertiary/aromatic N) is 2. The van der Waals surface area contributed by atoms with Crippen molar-refractivity contribution in [3.8, 4) is 0 Å². The van der Waals surface area contributed by atoms with Gasteiger partial charge in [-0.2, -0.15) is 0 Å². The van der Waals surface area contributed by atoms with Gasteiger partial charge < -0.3 is 15.1 Å². The van der Waals surface area contributed by atoms with Crippen LogP contribution in [0.25, 0.3) is 0 Å². The second-order valence-corrected chi connectivity index (χ2v) is 6.24. The predicted octanol–water partition coefficient (Wildman–Crippen LogP) is 1.46. The van der Waals surface area contributed by atoms with E-state index in [4.69, 9.17) is 0 Å². The molecule has 0 aromatic carbocycles. The second kappa shape index (κ2) is 7.25. The molecule has 2 heterocycles. The van der Waals surface area contributed by atoms with Gasteiger partial charge >= 0.3 is 0 Å². The minimum absolute atomic E-state index is 0.269. The molecule has 0 unspecified atom stereocenters. The first kappa shape index (κ1) is 14.8. The summed E-state index contributed by atoms with van der Waals surface area (Å²) in [6.45, 7) is 9.08. The quantitative estimate of drug-likeness (QED) is 0.837. The van der Waals surface area contributed by atoms with Gasteiger partial charge in [-0.3, -0.25) is 4.79 Å². The normalized spacial score (nSPS) is 23.0. The Bertz CT molecular complexity index is 279. The van der Waals surface area contributed by atoms with Crippen LogP contribution >= 0.6 is 0 Å². The standard InChI is InChI=1S/C15H29N3O/c1-13(2)16-12-15(19)18-10-6-14(7-11-18)17-8-4-3-5-9-17/h13-14,16H,3-12H2,1-2H3. The number of nitrogens with one attached hydrogen (secondary N) is 1. The summed E-state index contributed by atoms with van der Waals surface area (Å²) in [5.74, 6) is 0.269. The van der Waals surface area contributed by atoms with Crippen molar-refractivity contribution in [3.05, 3.63) is 0 Å². The largest absolute Gasteiger partial charge is 0.341 e. The number of hydrogen-bond donors (Lipinski definition) is 1. The Kier molecular flexibility index (Phi) is 5.64. The van der Waals surface area contributed by atoms with Gasteiger partial charge in [-0.05, 0) is 38.8 Å². The van der Waals surface area contributed by atoms with Crippen molar-refractivity contribution < 1.29 is 4.79 Å². The van der Waals surface area contributed by atoms with Crippen molar-refractivity contribution >= 4 is 5.91 Å². The van der Waals surface area contributed by atoms with E-state index in [1.807, 2.05) is 4.90 Å². The zero-order valence-corrected chi connectivity index (χ0v) is 12.5. The predicted molar refractivity (Wildman–Crippen MR) is 78.2 cm³/mol. The van der Waals surface area contributed by atoms with Crippen LogP contribution in [0.4, 0.5) is 0 Å². The van der Waals surface area contributed by atoms with E-state index in [-0.39, 0.29) is 5.91 Å². The lowest BCUT2D eigenvalue weighted by molar-refractivity contribution is -0.132. The van der Waals surface area contributed by atoms with Crippen LogP contribution in [0.3, 0.4) is 0 Å². The van der Waals surface area contributed by atoms with Crippen molar-refractivity contribution in [3.63, 3.8) is 0 Å². The van der Waals surface area contributed by atoms with Crippen molar-refractivity contribution in [1.29, 1.82) is 0 Å². The van der Waals surface area contributed by atoms with Crippen LogP contribution in [0.5, 0.6) is 0 Å². The molecule has 0 aliphatic carbocycles. The SMILES string of the molecule is CC(C)NCC(=O)N1CCC(N2CCCCC2)CC1. The lowest BCUT2D eigenvalue weighted by atomic mass is 10.00. The van der Waals surface area contributed by atoms with Gasteiger partial charge in [-0.15, -0.1) is 0 Å². The van der Waals surface area contributed by atoms with Gasteiger partial charge in [0.05, 0.1) is 6.54 Å². The number of likely N-dealkylation sites (tertiary alicyclic amines) is 2. The molecule has 4 nitrogen and oxygen atoms in total. The van der Waals surface area contributed by atoms with Crippen LogP contribution < -0.4 is 5.32 Å². The molecule has 0 saturated carbocycles. The first-order valence-corrected chi connectivity index (χ1v) is 7.92. The molecule has 19 heavy (non-hydrogen) atoms. The average molecular weight is 267 g/mol. The van der Waals surface area contributed by atoms with E-state index < -0.39 is 0 Å². The molecule has 2 saturated heterocycles. The van der Waals surface area contributed by atoms with E-state index >= 15 is 0 Å². The van der Waals surface area contributed by atoms with E-state index in [1.54, 1.807) is 0 Å². The van der Waals surface area contributed by atoms with Crippen LogP contribution in [0, 0.1) is 0 Å². The van der Waals surface area contributed by atoms with Gasteiger partial charge in [0.2, 0.25) is 5.91 Å². The Labute approximate surface area is 117 Å². The second-order valence-electron chi connectivity index (χ2n) is 6.24. The molecule has 1 amide bonds. The fraction of sp³-hybridized carbons (Fsp3) is 0.933. The van der Waals surface area contributed by atoms with E-state index in [0.717, 1.165) is 32.0 Å². The highest BCUT2D eigenvalue weighted by Gasteiger charge is 2.27. The fourth-order valence-electron chi connectivity index (χ4n) is 3.17. The molecule has 0 aromatic rings. The van der Waals surface area contributed by atoms with Gasteiger partial charge in [0, 0.05) is 25.2 Å². The number of piperidine rings is 2. The highest BCUT2D eigenvalue weighted by atomic mass is 16.2. The number of amides is 1. The third-order valence-corrected chi connectivity index (χ3v) is 4.39. The lowest BCUT2D eigenvalue weighted by Gasteiger charge is -2.40. The summed E-state index contributed by atoms with van der Waals surface area (Å²) in [4.78, 5) is 16.7. The van der Waals surface area contributed by atoms with E-state index in [0.29, 0.717) is 12.6 Å². The Morgan fingerprint density at radius 2 is 1.74 bits per heavy atom. The monoisotopic (exact) mass is 267 g/mol. The third-order valence-electron chi connectivity index (χ3n) is 4.39. The van der Waals surface area contributed by atoms with Crippen molar-refractivity contribution in [1.82, 2.24) is 15.1 Å². The number of carbonyl (C=O) groups is 1. The molecule has 2 aliphatic rings. The zero-order valence-electron chi connectivity index (χ0n) is 12.5. The summed E-state index contributed by atoms with van der Waals surface area (Å²) in [6.07, 6.45) is 6.43. The number of carbonyl (C=O) groups excluding carboxylic acids is 1. The van der Waals surface area contributed by atoms with Crippen molar-refractivity contribution in [2.75, 3.05) is 32.7 Å². The maximum Gasteiger partial charge on any atom is 0.236 e. The molecule has 0 atom stereocenters. The van der Waals surface area contributed by atoms with Gasteiger partial charge in [0.25, 0.3) is 0 Å². The third kappa shape index (κ3) is 4.46. The van der Waals surface area contributed by atoms with Crippen molar-refractivity contribution in [2.24, 2.45) is 0 Å². The van der Waals surface area contributed by atoms with Crippen LogP contribution in [0.2, 0.25) is 0 Å². The zero-order chi connectivity index (χ0) is 13.7. The van der Waals surface area contributed by atoms with Crippen LogP contribution in [-0.2, 0) is 4.79 Å².